The monoisotopic (exact) mass is 361 g/mol. The van der Waals surface area contributed by atoms with Crippen LogP contribution in [-0.4, -0.2) is 36.6 Å². The maximum Gasteiger partial charge on any atom is 0.317 e. The number of halogens is 1. The molecule has 136 valence electrons. The largest absolute Gasteiger partial charge is 0.464 e. The third-order valence-corrected chi connectivity index (χ3v) is 4.32. The van der Waals surface area contributed by atoms with Gasteiger partial charge in [-0.15, -0.1) is 12.4 Å². The SMILES string of the molecule is CN(CCOC(=O)C(c1ccccc1)c1ccccc1)C(C)(C)C.Cl. The third kappa shape index (κ3) is 6.18. The molecule has 0 bridgehead atoms. The van der Waals surface area contributed by atoms with E-state index in [2.05, 4.69) is 25.7 Å². The van der Waals surface area contributed by atoms with E-state index in [1.165, 1.54) is 0 Å². The fourth-order valence-corrected chi connectivity index (χ4v) is 2.46. The van der Waals surface area contributed by atoms with Crippen LogP contribution in [0.25, 0.3) is 0 Å². The Hall–Kier alpha value is -1.84. The Morgan fingerprint density at radius 2 is 1.40 bits per heavy atom. The van der Waals surface area contributed by atoms with Gasteiger partial charge in [0.2, 0.25) is 0 Å². The van der Waals surface area contributed by atoms with Crippen LogP contribution in [0, 0.1) is 0 Å². The van der Waals surface area contributed by atoms with Crippen LogP contribution >= 0.6 is 12.4 Å². The van der Waals surface area contributed by atoms with Gasteiger partial charge >= 0.3 is 5.97 Å². The highest BCUT2D eigenvalue weighted by atomic mass is 35.5. The van der Waals surface area contributed by atoms with Gasteiger partial charge in [-0.2, -0.15) is 0 Å². The van der Waals surface area contributed by atoms with E-state index in [1.807, 2.05) is 67.7 Å². The molecule has 0 saturated heterocycles. The molecule has 0 aliphatic heterocycles. The molecule has 0 N–H and O–H groups in total. The number of rotatable bonds is 6. The smallest absolute Gasteiger partial charge is 0.317 e. The normalized spacial score (nSPS) is 11.3. The molecule has 0 saturated carbocycles. The first-order chi connectivity index (χ1) is 11.4. The van der Waals surface area contributed by atoms with Gasteiger partial charge in [-0.05, 0) is 38.9 Å². The molecule has 2 aromatic carbocycles. The average Bonchev–Trinajstić information content (AvgIpc) is 2.56. The number of carbonyl (C=O) groups excluding carboxylic acids is 1. The molecule has 0 heterocycles. The van der Waals surface area contributed by atoms with Crippen molar-refractivity contribution in [2.45, 2.75) is 32.2 Å². The lowest BCUT2D eigenvalue weighted by molar-refractivity contribution is -0.145. The van der Waals surface area contributed by atoms with Crippen molar-refractivity contribution in [1.82, 2.24) is 4.90 Å². The number of hydrogen-bond acceptors (Lipinski definition) is 3. The summed E-state index contributed by atoms with van der Waals surface area (Å²) in [5, 5.41) is 0. The molecular weight excluding hydrogens is 334 g/mol. The summed E-state index contributed by atoms with van der Waals surface area (Å²) in [7, 11) is 2.04. The topological polar surface area (TPSA) is 29.5 Å². The molecule has 0 aliphatic carbocycles. The highest BCUT2D eigenvalue weighted by Crippen LogP contribution is 2.26. The zero-order valence-electron chi connectivity index (χ0n) is 15.4. The molecule has 0 unspecified atom stereocenters. The van der Waals surface area contributed by atoms with Crippen molar-refractivity contribution in [3.05, 3.63) is 71.8 Å². The van der Waals surface area contributed by atoms with Gasteiger partial charge in [-0.25, -0.2) is 0 Å². The molecule has 0 spiro atoms. The third-order valence-electron chi connectivity index (χ3n) is 4.32. The van der Waals surface area contributed by atoms with Gasteiger partial charge < -0.3 is 4.74 Å². The van der Waals surface area contributed by atoms with Crippen LogP contribution in [-0.2, 0) is 9.53 Å². The van der Waals surface area contributed by atoms with Crippen LogP contribution < -0.4 is 0 Å². The van der Waals surface area contributed by atoms with Crippen LogP contribution in [0.1, 0.15) is 37.8 Å². The molecular formula is C21H28ClNO2. The summed E-state index contributed by atoms with van der Waals surface area (Å²) in [6.07, 6.45) is 0. The molecule has 3 nitrogen and oxygen atoms in total. The minimum absolute atomic E-state index is 0. The van der Waals surface area contributed by atoms with E-state index in [9.17, 15) is 4.79 Å². The van der Waals surface area contributed by atoms with Crippen molar-refractivity contribution in [2.75, 3.05) is 20.2 Å². The Morgan fingerprint density at radius 3 is 1.80 bits per heavy atom. The average molecular weight is 362 g/mol. The van der Waals surface area contributed by atoms with E-state index in [-0.39, 0.29) is 29.8 Å². The molecule has 2 aromatic rings. The number of benzene rings is 2. The second-order valence-corrected chi connectivity index (χ2v) is 7.01. The maximum atomic E-state index is 12.7. The van der Waals surface area contributed by atoms with Crippen LogP contribution in [0.2, 0.25) is 0 Å². The van der Waals surface area contributed by atoms with Gasteiger partial charge in [0.15, 0.2) is 0 Å². The van der Waals surface area contributed by atoms with Gasteiger partial charge in [0.1, 0.15) is 12.5 Å². The highest BCUT2D eigenvalue weighted by molar-refractivity contribution is 5.85. The summed E-state index contributed by atoms with van der Waals surface area (Å²) in [6, 6.07) is 19.6. The van der Waals surface area contributed by atoms with Crippen molar-refractivity contribution in [3.8, 4) is 0 Å². The van der Waals surface area contributed by atoms with Crippen molar-refractivity contribution in [3.63, 3.8) is 0 Å². The molecule has 0 aromatic heterocycles. The van der Waals surface area contributed by atoms with Gasteiger partial charge in [-0.1, -0.05) is 60.7 Å². The molecule has 2 rings (SSSR count). The van der Waals surface area contributed by atoms with Crippen LogP contribution in [0.15, 0.2) is 60.7 Å². The fraction of sp³-hybridized carbons (Fsp3) is 0.381. The maximum absolute atomic E-state index is 12.7. The second-order valence-electron chi connectivity index (χ2n) is 7.01. The van der Waals surface area contributed by atoms with Crippen molar-refractivity contribution in [2.24, 2.45) is 0 Å². The van der Waals surface area contributed by atoms with E-state index in [0.717, 1.165) is 11.1 Å². The molecule has 0 fully saturated rings. The second kappa shape index (κ2) is 9.59. The zero-order valence-corrected chi connectivity index (χ0v) is 16.3. The number of ether oxygens (including phenoxy) is 1. The summed E-state index contributed by atoms with van der Waals surface area (Å²) in [6.45, 7) is 7.54. The molecule has 0 amide bonds. The number of likely N-dealkylation sites (N-methyl/N-ethyl adjacent to an activating group) is 1. The Kier molecular flexibility index (Phi) is 8.14. The summed E-state index contributed by atoms with van der Waals surface area (Å²) in [5.74, 6) is -0.581. The van der Waals surface area contributed by atoms with Gasteiger partial charge in [0.25, 0.3) is 0 Å². The van der Waals surface area contributed by atoms with E-state index >= 15 is 0 Å². The first-order valence-corrected chi connectivity index (χ1v) is 8.37. The van der Waals surface area contributed by atoms with Crippen LogP contribution in [0.3, 0.4) is 0 Å². The van der Waals surface area contributed by atoms with Crippen molar-refractivity contribution < 1.29 is 9.53 Å². The Morgan fingerprint density at radius 1 is 0.960 bits per heavy atom. The number of esters is 1. The van der Waals surface area contributed by atoms with Crippen LogP contribution in [0.5, 0.6) is 0 Å². The van der Waals surface area contributed by atoms with E-state index < -0.39 is 0 Å². The first kappa shape index (κ1) is 21.2. The number of hydrogen-bond donors (Lipinski definition) is 0. The van der Waals surface area contributed by atoms with Gasteiger partial charge in [0.05, 0.1) is 0 Å². The molecule has 25 heavy (non-hydrogen) atoms. The Labute approximate surface area is 157 Å². The molecule has 4 heteroatoms. The summed E-state index contributed by atoms with van der Waals surface area (Å²) < 4.78 is 5.60. The quantitative estimate of drug-likeness (QED) is 0.709. The van der Waals surface area contributed by atoms with E-state index in [1.54, 1.807) is 0 Å². The predicted octanol–water partition coefficient (Wildman–Crippen LogP) is 4.51. The minimum atomic E-state index is -0.382. The highest BCUT2D eigenvalue weighted by Gasteiger charge is 2.24. The standard InChI is InChI=1S/C21H27NO2.ClH/c1-21(2,3)22(4)15-16-24-20(23)19(17-11-7-5-8-12-17)18-13-9-6-10-14-18;/h5-14,19H,15-16H2,1-4H3;1H. The first-order valence-electron chi connectivity index (χ1n) is 8.37. The minimum Gasteiger partial charge on any atom is -0.464 e. The van der Waals surface area contributed by atoms with Crippen LogP contribution in [0.4, 0.5) is 0 Å². The predicted molar refractivity (Wildman–Crippen MR) is 105 cm³/mol. The fourth-order valence-electron chi connectivity index (χ4n) is 2.46. The van der Waals surface area contributed by atoms with Crippen molar-refractivity contribution >= 4 is 18.4 Å². The van der Waals surface area contributed by atoms with E-state index in [4.69, 9.17) is 4.74 Å². The lowest BCUT2D eigenvalue weighted by atomic mass is 9.91. The molecule has 0 aliphatic rings. The summed E-state index contributed by atoms with van der Waals surface area (Å²) in [5.41, 5.74) is 1.97. The molecule has 0 atom stereocenters. The summed E-state index contributed by atoms with van der Waals surface area (Å²) in [4.78, 5) is 14.9. The zero-order chi connectivity index (χ0) is 17.6. The Balaban J connectivity index is 0.00000312. The van der Waals surface area contributed by atoms with E-state index in [0.29, 0.717) is 13.2 Å². The van der Waals surface area contributed by atoms with Crippen molar-refractivity contribution in [1.29, 1.82) is 0 Å². The van der Waals surface area contributed by atoms with Gasteiger partial charge in [-0.3, -0.25) is 9.69 Å². The lowest BCUT2D eigenvalue weighted by Crippen LogP contribution is -2.40. The lowest BCUT2D eigenvalue weighted by Gasteiger charge is -2.31. The van der Waals surface area contributed by atoms with Gasteiger partial charge in [0, 0.05) is 12.1 Å². The number of nitrogens with zero attached hydrogens (tertiary/aromatic N) is 1. The molecule has 0 radical (unpaired) electrons. The summed E-state index contributed by atoms with van der Waals surface area (Å²) >= 11 is 0. The Bertz CT molecular complexity index is 598. The number of carbonyl (C=O) groups is 1.